The number of tetrazole rings is 1. The third kappa shape index (κ3) is 2.90. The molecule has 0 fully saturated rings. The second-order valence-electron chi connectivity index (χ2n) is 5.58. The Morgan fingerprint density at radius 2 is 1.85 bits per heavy atom. The van der Waals surface area contributed by atoms with Gasteiger partial charge in [-0.25, -0.2) is 0 Å². The molecule has 0 saturated carbocycles. The van der Waals surface area contributed by atoms with Gasteiger partial charge in [-0.3, -0.25) is 0 Å². The maximum atomic E-state index is 5.63. The maximum Gasteiger partial charge on any atom is 0.205 e. The minimum absolute atomic E-state index is 0.464. The van der Waals surface area contributed by atoms with Gasteiger partial charge in [0.15, 0.2) is 0 Å². The highest BCUT2D eigenvalue weighted by molar-refractivity contribution is 5.96. The number of fused-ring (bicyclic) bond motifs is 1. The maximum absolute atomic E-state index is 5.63. The normalized spacial score (nSPS) is 11.7. The lowest BCUT2D eigenvalue weighted by atomic mass is 10.0. The van der Waals surface area contributed by atoms with Gasteiger partial charge in [-0.2, -0.15) is 5.21 Å². The van der Waals surface area contributed by atoms with E-state index in [1.165, 1.54) is 0 Å². The number of hydrogen-bond donors (Lipinski definition) is 1. The van der Waals surface area contributed by atoms with E-state index in [2.05, 4.69) is 20.6 Å². The van der Waals surface area contributed by atoms with Crippen molar-refractivity contribution < 1.29 is 13.9 Å². The van der Waals surface area contributed by atoms with Gasteiger partial charge in [0.25, 0.3) is 0 Å². The zero-order chi connectivity index (χ0) is 17.9. The number of hydrogen-bond acceptors (Lipinski definition) is 6. The fourth-order valence-electron chi connectivity index (χ4n) is 2.78. The zero-order valence-corrected chi connectivity index (χ0v) is 14.3. The zero-order valence-electron chi connectivity index (χ0n) is 14.3. The highest BCUT2D eigenvalue weighted by Gasteiger charge is 2.15. The highest BCUT2D eigenvalue weighted by Crippen LogP contribution is 2.32. The molecule has 0 bridgehead atoms. The molecule has 0 spiro atoms. The molecule has 0 aliphatic carbocycles. The van der Waals surface area contributed by atoms with E-state index < -0.39 is 0 Å². The Labute approximate surface area is 149 Å². The standard InChI is InChI=1S/C19H16N4O3/c1-24-14-7-12(8-15(10-14)25-2)17(19-20-22-23-21-19)9-13-11-26-18-6-4-3-5-16(13)18/h3-11H,1-2H3,(H,20,21,22,23)/b17-9-. The third-order valence-electron chi connectivity index (χ3n) is 4.06. The Balaban J connectivity index is 1.92. The van der Waals surface area contributed by atoms with Crippen molar-refractivity contribution in [3.8, 4) is 11.5 Å². The SMILES string of the molecule is COc1cc(OC)cc(/C(=C/c2coc3ccccc23)c2nn[nH]n2)c1. The second-order valence-corrected chi connectivity index (χ2v) is 5.58. The molecule has 0 aliphatic rings. The average molecular weight is 348 g/mol. The monoisotopic (exact) mass is 348 g/mol. The number of ether oxygens (including phenoxy) is 2. The van der Waals surface area contributed by atoms with Crippen molar-refractivity contribution in [3.63, 3.8) is 0 Å². The number of nitrogens with zero attached hydrogens (tertiary/aromatic N) is 3. The fourth-order valence-corrected chi connectivity index (χ4v) is 2.78. The quantitative estimate of drug-likeness (QED) is 0.593. The molecule has 0 aliphatic heterocycles. The first-order chi connectivity index (χ1) is 12.8. The minimum Gasteiger partial charge on any atom is -0.497 e. The van der Waals surface area contributed by atoms with Crippen molar-refractivity contribution in [2.45, 2.75) is 0 Å². The molecular formula is C19H16N4O3. The highest BCUT2D eigenvalue weighted by atomic mass is 16.5. The van der Waals surface area contributed by atoms with E-state index in [-0.39, 0.29) is 0 Å². The van der Waals surface area contributed by atoms with E-state index in [1.54, 1.807) is 20.5 Å². The van der Waals surface area contributed by atoms with E-state index in [1.807, 2.05) is 48.5 Å². The summed E-state index contributed by atoms with van der Waals surface area (Å²) in [5.41, 5.74) is 3.34. The molecule has 26 heavy (non-hydrogen) atoms. The summed E-state index contributed by atoms with van der Waals surface area (Å²) in [6, 6.07) is 13.4. The summed E-state index contributed by atoms with van der Waals surface area (Å²) >= 11 is 0. The van der Waals surface area contributed by atoms with E-state index in [4.69, 9.17) is 13.9 Å². The number of aromatic amines is 1. The van der Waals surface area contributed by atoms with Crippen LogP contribution in [0.1, 0.15) is 17.0 Å². The molecule has 0 atom stereocenters. The number of para-hydroxylation sites is 1. The Bertz CT molecular complexity index is 1050. The number of methoxy groups -OCH3 is 2. The van der Waals surface area contributed by atoms with E-state index in [0.29, 0.717) is 17.3 Å². The van der Waals surface area contributed by atoms with Crippen LogP contribution in [0.25, 0.3) is 22.6 Å². The smallest absolute Gasteiger partial charge is 0.205 e. The molecule has 0 radical (unpaired) electrons. The van der Waals surface area contributed by atoms with Crippen LogP contribution in [0.3, 0.4) is 0 Å². The fraction of sp³-hybridized carbons (Fsp3) is 0.105. The summed E-state index contributed by atoms with van der Waals surface area (Å²) in [4.78, 5) is 0. The first-order valence-corrected chi connectivity index (χ1v) is 7.93. The summed E-state index contributed by atoms with van der Waals surface area (Å²) < 4.78 is 16.4. The molecule has 4 rings (SSSR count). The van der Waals surface area contributed by atoms with E-state index >= 15 is 0 Å². The Kier molecular flexibility index (Phi) is 4.10. The van der Waals surface area contributed by atoms with Gasteiger partial charge >= 0.3 is 0 Å². The summed E-state index contributed by atoms with van der Waals surface area (Å²) in [6.07, 6.45) is 3.67. The first-order valence-electron chi connectivity index (χ1n) is 7.93. The van der Waals surface area contributed by atoms with Crippen LogP contribution in [0.4, 0.5) is 0 Å². The summed E-state index contributed by atoms with van der Waals surface area (Å²) in [6.45, 7) is 0. The van der Waals surface area contributed by atoms with Crippen molar-refractivity contribution in [1.82, 2.24) is 20.6 Å². The van der Waals surface area contributed by atoms with Crippen molar-refractivity contribution in [2.24, 2.45) is 0 Å². The van der Waals surface area contributed by atoms with Crippen molar-refractivity contribution in [2.75, 3.05) is 14.2 Å². The minimum atomic E-state index is 0.464. The van der Waals surface area contributed by atoms with Gasteiger partial charge in [0, 0.05) is 22.6 Å². The predicted molar refractivity (Wildman–Crippen MR) is 96.9 cm³/mol. The first kappa shape index (κ1) is 15.9. The Hall–Kier alpha value is -3.61. The van der Waals surface area contributed by atoms with Crippen molar-refractivity contribution in [3.05, 3.63) is 65.7 Å². The molecule has 2 aromatic heterocycles. The van der Waals surface area contributed by atoms with Gasteiger partial charge in [0.2, 0.25) is 5.82 Å². The van der Waals surface area contributed by atoms with Gasteiger partial charge in [-0.15, -0.1) is 10.2 Å². The number of nitrogens with one attached hydrogen (secondary N) is 1. The van der Waals surface area contributed by atoms with Gasteiger partial charge < -0.3 is 13.9 Å². The molecule has 2 heterocycles. The molecule has 130 valence electrons. The van der Waals surface area contributed by atoms with Crippen LogP contribution in [0.15, 0.2) is 53.1 Å². The van der Waals surface area contributed by atoms with E-state index in [0.717, 1.165) is 27.7 Å². The average Bonchev–Trinajstić information content (AvgIpc) is 3.35. The molecule has 0 amide bonds. The van der Waals surface area contributed by atoms with Gasteiger partial charge in [0.05, 0.1) is 20.5 Å². The van der Waals surface area contributed by atoms with Gasteiger partial charge in [0.1, 0.15) is 17.1 Å². The molecule has 4 aromatic rings. The molecule has 0 saturated heterocycles. The lowest BCUT2D eigenvalue weighted by Gasteiger charge is -2.09. The molecule has 2 aromatic carbocycles. The second kappa shape index (κ2) is 6.72. The van der Waals surface area contributed by atoms with Crippen molar-refractivity contribution >= 4 is 22.6 Å². The van der Waals surface area contributed by atoms with Crippen LogP contribution in [-0.4, -0.2) is 34.8 Å². The van der Waals surface area contributed by atoms with Crippen LogP contribution in [-0.2, 0) is 0 Å². The van der Waals surface area contributed by atoms with Gasteiger partial charge in [-0.1, -0.05) is 18.2 Å². The topological polar surface area (TPSA) is 86.1 Å². The molecule has 7 heteroatoms. The van der Waals surface area contributed by atoms with Crippen LogP contribution >= 0.6 is 0 Å². The van der Waals surface area contributed by atoms with Crippen LogP contribution in [0.2, 0.25) is 0 Å². The van der Waals surface area contributed by atoms with Gasteiger partial charge in [-0.05, 0) is 35.1 Å². The molecule has 0 unspecified atom stereocenters. The number of aromatic nitrogens is 4. The predicted octanol–water partition coefficient (Wildman–Crippen LogP) is 3.55. The van der Waals surface area contributed by atoms with Crippen LogP contribution in [0.5, 0.6) is 11.5 Å². The van der Waals surface area contributed by atoms with Crippen LogP contribution < -0.4 is 9.47 Å². The largest absolute Gasteiger partial charge is 0.497 e. The summed E-state index contributed by atoms with van der Waals surface area (Å²) in [5.74, 6) is 1.81. The number of H-pyrrole nitrogens is 1. The Morgan fingerprint density at radius 3 is 2.54 bits per heavy atom. The Morgan fingerprint density at radius 1 is 1.08 bits per heavy atom. The molecule has 7 nitrogen and oxygen atoms in total. The molecular weight excluding hydrogens is 332 g/mol. The lowest BCUT2D eigenvalue weighted by Crippen LogP contribution is -1.95. The third-order valence-corrected chi connectivity index (χ3v) is 4.06. The lowest BCUT2D eigenvalue weighted by molar-refractivity contribution is 0.394. The van der Waals surface area contributed by atoms with Crippen molar-refractivity contribution in [1.29, 1.82) is 0 Å². The van der Waals surface area contributed by atoms with Crippen LogP contribution in [0, 0.1) is 0 Å². The van der Waals surface area contributed by atoms with E-state index in [9.17, 15) is 0 Å². The number of rotatable bonds is 5. The number of furan rings is 1. The summed E-state index contributed by atoms with van der Waals surface area (Å²) in [5, 5.41) is 15.5. The molecule has 1 N–H and O–H groups in total. The summed E-state index contributed by atoms with van der Waals surface area (Å²) in [7, 11) is 3.22. The number of benzene rings is 2.